The summed E-state index contributed by atoms with van der Waals surface area (Å²) in [5.74, 6) is -1.58. The van der Waals surface area contributed by atoms with Crippen molar-refractivity contribution in [1.29, 1.82) is 0 Å². The van der Waals surface area contributed by atoms with E-state index in [1.54, 1.807) is 156 Å². The van der Waals surface area contributed by atoms with Gasteiger partial charge in [-0.05, 0) is 226 Å². The summed E-state index contributed by atoms with van der Waals surface area (Å²) in [6.45, 7) is 2.84. The number of benzene rings is 9. The van der Waals surface area contributed by atoms with Crippen molar-refractivity contribution in [3.63, 3.8) is 0 Å². The third-order valence-corrected chi connectivity index (χ3v) is 28.0. The SMILES string of the molecule is C=CCc1cc(Cl)ccc1-n1c(=O)ccc2cc(S(=O)(=O)Cc3ccon3)ccc21.O=c1ccc2cc(S(=O)(=O)Cc3ccon3)ccc2n1-c1ccc(-c2cccc(F)c2)cc1CC(O)CO.O=c1ccc2cc(S(=O)(=O)Cc3ccon3)ccc2n1-c1ccc(Cl)cc1Br.O=c1ccc2cc(S(=O)(=O)Cc3ccon3)ccc2n1-c1ccc(Cl)cc1CC(O)CO. The predicted molar refractivity (Wildman–Crippen MR) is 483 cm³/mol. The second-order valence-electron chi connectivity index (χ2n) is 29.0. The van der Waals surface area contributed by atoms with Crippen molar-refractivity contribution in [2.45, 2.75) is 74.1 Å². The molecule has 2 atom stereocenters. The highest BCUT2D eigenvalue weighted by Gasteiger charge is 2.26. The maximum absolute atomic E-state index is 13.8. The molecule has 17 rings (SSSR count). The molecule has 0 amide bonds. The van der Waals surface area contributed by atoms with Crippen LogP contribution >= 0.6 is 50.7 Å². The van der Waals surface area contributed by atoms with Crippen LogP contribution in [0, 0.1) is 5.82 Å². The summed E-state index contributed by atoms with van der Waals surface area (Å²) in [6, 6.07) is 62.6. The van der Waals surface area contributed by atoms with Gasteiger partial charge in [0.05, 0.1) is 113 Å². The normalized spacial score (nSPS) is 12.3. The van der Waals surface area contributed by atoms with E-state index in [1.165, 1.54) is 136 Å². The first kappa shape index (κ1) is 91.5. The number of sulfone groups is 4. The second-order valence-corrected chi connectivity index (χ2v) is 39.1. The number of pyridine rings is 4. The topological polar surface area (TPSA) is 410 Å². The van der Waals surface area contributed by atoms with E-state index in [9.17, 15) is 77.7 Å². The Morgan fingerprint density at radius 2 is 0.688 bits per heavy atom. The van der Waals surface area contributed by atoms with E-state index in [1.807, 2.05) is 0 Å². The molecule has 0 radical (unpaired) electrons. The number of fused-ring (bicyclic) bond motifs is 4. The molecule has 0 aliphatic rings. The highest BCUT2D eigenvalue weighted by atomic mass is 79.9. The number of hydrogen-bond donors (Lipinski definition) is 4. The molecule has 0 aliphatic carbocycles. The number of allylic oxidation sites excluding steroid dienone is 1. The summed E-state index contributed by atoms with van der Waals surface area (Å²) >= 11 is 21.7. The zero-order valence-electron chi connectivity index (χ0n) is 66.6. The molecule has 37 heteroatoms. The van der Waals surface area contributed by atoms with Gasteiger partial charge in [0.25, 0.3) is 22.2 Å². The van der Waals surface area contributed by atoms with Gasteiger partial charge < -0.3 is 38.5 Å². The minimum Gasteiger partial charge on any atom is -0.394 e. The summed E-state index contributed by atoms with van der Waals surface area (Å²) in [5.41, 5.74) is 7.63. The number of aliphatic hydroxyl groups excluding tert-OH is 4. The van der Waals surface area contributed by atoms with Crippen LogP contribution in [0.5, 0.6) is 0 Å². The summed E-state index contributed by atoms with van der Waals surface area (Å²) in [5, 5.41) is 57.3. The molecule has 0 saturated heterocycles. The lowest BCUT2D eigenvalue weighted by molar-refractivity contribution is 0.0954. The average Bonchev–Trinajstić information content (AvgIpc) is 0.867. The third kappa shape index (κ3) is 21.1. The van der Waals surface area contributed by atoms with Gasteiger partial charge in [0, 0.05) is 102 Å². The predicted octanol–water partition coefficient (Wildman–Crippen LogP) is 14.9. The maximum atomic E-state index is 13.8. The van der Waals surface area contributed by atoms with Crippen molar-refractivity contribution in [1.82, 2.24) is 38.9 Å². The summed E-state index contributed by atoms with van der Waals surface area (Å²) < 4.78 is 142. The standard InChI is InChI=1S/C28H23FN2O6S.C22H19ClN2O6S.C22H17ClN2O4S.C19H12BrClN2O4S/c29-22-3-1-2-18(13-22)19-4-7-27(21(12-19)14-24(33)16-32)31-26-8-6-25(15-20(26)5-9-28(31)34)38(35,36)17-23-10-11-37-30-23;23-16-2-4-21(15(9-16)10-18(27)12-26)25-20-5-3-19(11-14(20)1-6-22(25)28)32(29,30)13-17-7-8-31-24-17;1-2-3-15-12-17(23)5-7-20(15)25-21-8-6-19(13-16(21)4-9-22(25)26)30(27,28)14-18-10-11-29-24-18;20-16-10-13(21)2-4-18(16)23-17-5-3-15(9-12(17)1-6-19(23)24)28(25,26)11-14-7-8-27-22-14/h1-13,15,24,32-33H,14,16-17H2;1-9,11,18,26-27H,10,12-13H2;2,4-13H,1,3,14H2;1-10H,11H2. The van der Waals surface area contributed by atoms with Crippen LogP contribution in [0.1, 0.15) is 39.5 Å². The van der Waals surface area contributed by atoms with E-state index in [2.05, 4.69) is 43.1 Å². The van der Waals surface area contributed by atoms with Gasteiger partial charge >= 0.3 is 0 Å². The van der Waals surface area contributed by atoms with Gasteiger partial charge in [0.1, 0.15) is 53.9 Å². The first-order valence-corrected chi connectivity index (χ1v) is 47.0. The van der Waals surface area contributed by atoms with Crippen molar-refractivity contribution >= 4 is 134 Å². The highest BCUT2D eigenvalue weighted by Crippen LogP contribution is 2.34. The van der Waals surface area contributed by atoms with E-state index in [0.717, 1.165) is 5.56 Å². The average molecular weight is 1930 g/mol. The van der Waals surface area contributed by atoms with Crippen LogP contribution in [-0.2, 0) is 81.6 Å². The van der Waals surface area contributed by atoms with Crippen LogP contribution in [0.25, 0.3) is 77.5 Å². The fraction of sp³-hybridized carbons (Fsp3) is 0.121. The van der Waals surface area contributed by atoms with Gasteiger partial charge in [-0.2, -0.15) is 0 Å². The van der Waals surface area contributed by atoms with Gasteiger partial charge in [-0.1, -0.05) is 79.7 Å². The van der Waals surface area contributed by atoms with Crippen LogP contribution in [0.15, 0.2) is 342 Å². The molecule has 8 heterocycles. The molecular weight excluding hydrogens is 1860 g/mol. The number of aromatic nitrogens is 8. The fourth-order valence-corrected chi connectivity index (χ4v) is 20.6. The van der Waals surface area contributed by atoms with Crippen LogP contribution < -0.4 is 22.2 Å². The van der Waals surface area contributed by atoms with E-state index in [4.69, 9.17) is 52.9 Å². The minimum absolute atomic E-state index is 0.0297. The van der Waals surface area contributed by atoms with E-state index < -0.39 is 70.6 Å². The third-order valence-electron chi connectivity index (χ3n) is 20.1. The second kappa shape index (κ2) is 39.3. The number of hydrogen-bond acceptors (Lipinski definition) is 24. The molecule has 0 bridgehead atoms. The molecule has 654 valence electrons. The van der Waals surface area contributed by atoms with Gasteiger partial charge in [0.2, 0.25) is 0 Å². The first-order chi connectivity index (χ1) is 61.3. The van der Waals surface area contributed by atoms with Crippen LogP contribution in [0.4, 0.5) is 4.39 Å². The van der Waals surface area contributed by atoms with Crippen LogP contribution in [0.2, 0.25) is 15.1 Å². The highest BCUT2D eigenvalue weighted by molar-refractivity contribution is 9.10. The molecular formula is C91H71BrCl3FN8O20S4. The van der Waals surface area contributed by atoms with Gasteiger partial charge in [0.15, 0.2) is 39.3 Å². The van der Waals surface area contributed by atoms with Gasteiger partial charge in [-0.3, -0.25) is 37.4 Å². The van der Waals surface area contributed by atoms with Gasteiger partial charge in [-0.15, -0.1) is 6.58 Å². The molecule has 0 saturated carbocycles. The van der Waals surface area contributed by atoms with Crippen molar-refractivity contribution in [3.05, 3.63) is 387 Å². The number of aliphatic hydroxyl groups is 4. The summed E-state index contributed by atoms with van der Waals surface area (Å²) in [6.07, 6.45) is 5.53. The van der Waals surface area contributed by atoms with E-state index in [-0.39, 0.29) is 83.4 Å². The molecule has 2 unspecified atom stereocenters. The van der Waals surface area contributed by atoms with Crippen molar-refractivity contribution in [3.8, 4) is 33.9 Å². The fourth-order valence-electron chi connectivity index (χ4n) is 14.2. The first-order valence-electron chi connectivity index (χ1n) is 38.5. The smallest absolute Gasteiger partial charge is 0.255 e. The van der Waals surface area contributed by atoms with Crippen molar-refractivity contribution in [2.75, 3.05) is 13.2 Å². The molecule has 0 aliphatic heterocycles. The monoisotopic (exact) mass is 1930 g/mol. The Morgan fingerprint density at radius 3 is 1.02 bits per heavy atom. The van der Waals surface area contributed by atoms with Crippen molar-refractivity contribution < 1.29 is 76.6 Å². The number of nitrogens with zero attached hydrogens (tertiary/aromatic N) is 8. The zero-order chi connectivity index (χ0) is 90.9. The molecule has 9 aromatic carbocycles. The molecule has 4 N–H and O–H groups in total. The largest absolute Gasteiger partial charge is 0.394 e. The lowest BCUT2D eigenvalue weighted by Gasteiger charge is -2.18. The Bertz CT molecular complexity index is 7800. The number of rotatable bonds is 25. The molecule has 8 aromatic heterocycles. The number of halogens is 5. The Balaban J connectivity index is 0.000000139. The lowest BCUT2D eigenvalue weighted by Crippen LogP contribution is -2.22. The Labute approximate surface area is 751 Å². The van der Waals surface area contributed by atoms with Gasteiger partial charge in [-0.25, -0.2) is 38.1 Å². The van der Waals surface area contributed by atoms with Crippen molar-refractivity contribution in [2.24, 2.45) is 0 Å². The lowest BCUT2D eigenvalue weighted by atomic mass is 9.98. The van der Waals surface area contributed by atoms with Crippen LogP contribution in [0.3, 0.4) is 0 Å². The Morgan fingerprint density at radius 1 is 0.375 bits per heavy atom. The molecule has 17 aromatic rings. The quantitative estimate of drug-likeness (QED) is 0.0386. The maximum Gasteiger partial charge on any atom is 0.255 e. The minimum atomic E-state index is -3.73. The Hall–Kier alpha value is -12.7. The van der Waals surface area contributed by atoms with E-state index in [0.29, 0.717) is 132 Å². The molecule has 128 heavy (non-hydrogen) atoms. The summed E-state index contributed by atoms with van der Waals surface area (Å²) in [7, 11) is -14.7. The molecule has 0 fully saturated rings. The molecule has 0 spiro atoms. The van der Waals surface area contributed by atoms with Crippen LogP contribution in [-0.4, -0.2) is 118 Å². The molecule has 28 nitrogen and oxygen atoms in total. The Kier molecular flexibility index (Phi) is 28.1. The van der Waals surface area contributed by atoms with E-state index >= 15 is 0 Å². The zero-order valence-corrected chi connectivity index (χ0v) is 73.7. The summed E-state index contributed by atoms with van der Waals surface area (Å²) in [4.78, 5) is 51.6.